The molecule has 0 bridgehead atoms. The Labute approximate surface area is 137 Å². The van der Waals surface area contributed by atoms with Crippen LogP contribution in [-0.4, -0.2) is 19.6 Å². The largest absolute Gasteiger partial charge is 0.497 e. The van der Waals surface area contributed by atoms with Gasteiger partial charge in [-0.2, -0.15) is 0 Å². The van der Waals surface area contributed by atoms with E-state index in [1.54, 1.807) is 31.4 Å². The van der Waals surface area contributed by atoms with Crippen LogP contribution in [0, 0.1) is 6.92 Å². The maximum atomic E-state index is 12.2. The van der Waals surface area contributed by atoms with Gasteiger partial charge in [0.15, 0.2) is 6.61 Å². The third-order valence-corrected chi connectivity index (χ3v) is 3.62. The lowest BCUT2D eigenvalue weighted by molar-refractivity contribution is -0.118. The molecule has 4 heteroatoms. The number of rotatable bonds is 6. The first kappa shape index (κ1) is 16.9. The van der Waals surface area contributed by atoms with Crippen molar-refractivity contribution in [1.82, 2.24) is 0 Å². The highest BCUT2D eigenvalue weighted by Crippen LogP contribution is 2.27. The Hall–Kier alpha value is -2.49. The number of benzene rings is 2. The number of para-hydroxylation sites is 1. The molecular formula is C19H23NO3. The van der Waals surface area contributed by atoms with Crippen molar-refractivity contribution >= 4 is 11.6 Å². The summed E-state index contributed by atoms with van der Waals surface area (Å²) in [5, 5.41) is 2.96. The van der Waals surface area contributed by atoms with E-state index in [1.807, 2.05) is 25.1 Å². The third-order valence-electron chi connectivity index (χ3n) is 3.62. The maximum absolute atomic E-state index is 12.2. The summed E-state index contributed by atoms with van der Waals surface area (Å²) in [6.07, 6.45) is 0. The molecule has 4 nitrogen and oxygen atoms in total. The van der Waals surface area contributed by atoms with Gasteiger partial charge in [-0.3, -0.25) is 4.79 Å². The van der Waals surface area contributed by atoms with E-state index in [-0.39, 0.29) is 12.5 Å². The second kappa shape index (κ2) is 7.68. The molecule has 0 unspecified atom stereocenters. The Morgan fingerprint density at radius 1 is 1.09 bits per heavy atom. The van der Waals surface area contributed by atoms with Crippen LogP contribution in [0.4, 0.5) is 5.69 Å². The second-order valence-corrected chi connectivity index (χ2v) is 5.71. The Bertz CT molecular complexity index is 663. The minimum Gasteiger partial charge on any atom is -0.497 e. The van der Waals surface area contributed by atoms with E-state index >= 15 is 0 Å². The standard InChI is InChI=1S/C19H23NO3/c1-13(2)17-7-5-6-14(3)19(17)20-18(21)12-23-16-10-8-15(22-4)9-11-16/h5-11,13H,12H2,1-4H3,(H,20,21). The quantitative estimate of drug-likeness (QED) is 0.871. The van der Waals surface area contributed by atoms with Gasteiger partial charge >= 0.3 is 0 Å². The predicted molar refractivity (Wildman–Crippen MR) is 92.4 cm³/mol. The molecule has 0 saturated carbocycles. The molecule has 0 aliphatic heterocycles. The number of carbonyl (C=O) groups is 1. The van der Waals surface area contributed by atoms with Crippen molar-refractivity contribution < 1.29 is 14.3 Å². The summed E-state index contributed by atoms with van der Waals surface area (Å²) in [7, 11) is 1.61. The SMILES string of the molecule is COc1ccc(OCC(=O)Nc2c(C)cccc2C(C)C)cc1. The highest BCUT2D eigenvalue weighted by Gasteiger charge is 2.12. The van der Waals surface area contributed by atoms with E-state index in [4.69, 9.17) is 9.47 Å². The van der Waals surface area contributed by atoms with E-state index in [0.29, 0.717) is 11.7 Å². The Morgan fingerprint density at radius 2 is 1.74 bits per heavy atom. The molecule has 0 heterocycles. The van der Waals surface area contributed by atoms with Gasteiger partial charge in [0.25, 0.3) is 5.91 Å². The summed E-state index contributed by atoms with van der Waals surface area (Å²) in [5.41, 5.74) is 3.06. The van der Waals surface area contributed by atoms with Gasteiger partial charge in [-0.15, -0.1) is 0 Å². The zero-order chi connectivity index (χ0) is 16.8. The summed E-state index contributed by atoms with van der Waals surface area (Å²) >= 11 is 0. The normalized spacial score (nSPS) is 10.5. The van der Waals surface area contributed by atoms with Gasteiger partial charge in [-0.05, 0) is 48.2 Å². The van der Waals surface area contributed by atoms with Gasteiger partial charge in [0, 0.05) is 5.69 Å². The number of carbonyl (C=O) groups excluding carboxylic acids is 1. The molecule has 0 saturated heterocycles. The van der Waals surface area contributed by atoms with E-state index < -0.39 is 0 Å². The molecule has 0 aromatic heterocycles. The highest BCUT2D eigenvalue weighted by molar-refractivity contribution is 5.93. The molecule has 23 heavy (non-hydrogen) atoms. The van der Waals surface area contributed by atoms with Gasteiger partial charge in [0.05, 0.1) is 7.11 Å². The second-order valence-electron chi connectivity index (χ2n) is 5.71. The molecule has 122 valence electrons. The lowest BCUT2D eigenvalue weighted by atomic mass is 9.98. The maximum Gasteiger partial charge on any atom is 0.262 e. The zero-order valence-corrected chi connectivity index (χ0v) is 14.1. The summed E-state index contributed by atoms with van der Waals surface area (Å²) < 4.78 is 10.6. The van der Waals surface area contributed by atoms with Crippen LogP contribution in [0.15, 0.2) is 42.5 Å². The van der Waals surface area contributed by atoms with Crippen LogP contribution < -0.4 is 14.8 Å². The fourth-order valence-corrected chi connectivity index (χ4v) is 2.34. The average Bonchev–Trinajstić information content (AvgIpc) is 2.55. The van der Waals surface area contributed by atoms with Crippen molar-refractivity contribution in [3.8, 4) is 11.5 Å². The van der Waals surface area contributed by atoms with Gasteiger partial charge in [0.2, 0.25) is 0 Å². The van der Waals surface area contributed by atoms with Crippen molar-refractivity contribution in [2.75, 3.05) is 19.0 Å². The first-order valence-electron chi connectivity index (χ1n) is 7.67. The molecule has 0 aliphatic carbocycles. The summed E-state index contributed by atoms with van der Waals surface area (Å²) in [6.45, 7) is 6.18. The molecular weight excluding hydrogens is 290 g/mol. The Balaban J connectivity index is 1.99. The lowest BCUT2D eigenvalue weighted by Gasteiger charge is -2.16. The fourth-order valence-electron chi connectivity index (χ4n) is 2.34. The van der Waals surface area contributed by atoms with Crippen LogP contribution in [0.5, 0.6) is 11.5 Å². The molecule has 0 aliphatic rings. The lowest BCUT2D eigenvalue weighted by Crippen LogP contribution is -2.21. The van der Waals surface area contributed by atoms with E-state index in [2.05, 4.69) is 19.2 Å². The number of nitrogens with one attached hydrogen (secondary N) is 1. The predicted octanol–water partition coefficient (Wildman–Crippen LogP) is 4.14. The van der Waals surface area contributed by atoms with Crippen molar-refractivity contribution in [3.05, 3.63) is 53.6 Å². The molecule has 1 N–H and O–H groups in total. The van der Waals surface area contributed by atoms with E-state index in [9.17, 15) is 4.79 Å². The van der Waals surface area contributed by atoms with Crippen molar-refractivity contribution in [3.63, 3.8) is 0 Å². The van der Waals surface area contributed by atoms with E-state index in [1.165, 1.54) is 0 Å². The number of amides is 1. The minimum atomic E-state index is -0.169. The van der Waals surface area contributed by atoms with Crippen molar-refractivity contribution in [2.24, 2.45) is 0 Å². The molecule has 2 aromatic rings. The molecule has 0 fully saturated rings. The molecule has 2 rings (SSSR count). The Morgan fingerprint density at radius 3 is 2.35 bits per heavy atom. The average molecular weight is 313 g/mol. The van der Waals surface area contributed by atoms with Gasteiger partial charge in [-0.1, -0.05) is 32.0 Å². The van der Waals surface area contributed by atoms with Crippen molar-refractivity contribution in [2.45, 2.75) is 26.7 Å². The van der Waals surface area contributed by atoms with Gasteiger partial charge in [-0.25, -0.2) is 0 Å². The topological polar surface area (TPSA) is 47.6 Å². The smallest absolute Gasteiger partial charge is 0.262 e. The molecule has 1 amide bonds. The van der Waals surface area contributed by atoms with Crippen LogP contribution in [-0.2, 0) is 4.79 Å². The van der Waals surface area contributed by atoms with Crippen LogP contribution in [0.2, 0.25) is 0 Å². The highest BCUT2D eigenvalue weighted by atomic mass is 16.5. The summed E-state index contributed by atoms with van der Waals surface area (Å²) in [5.74, 6) is 1.56. The Kier molecular flexibility index (Phi) is 5.63. The fraction of sp³-hybridized carbons (Fsp3) is 0.316. The number of hydrogen-bond donors (Lipinski definition) is 1. The molecule has 0 atom stereocenters. The number of hydrogen-bond acceptors (Lipinski definition) is 3. The number of anilines is 1. The van der Waals surface area contributed by atoms with Crippen LogP contribution in [0.3, 0.4) is 0 Å². The van der Waals surface area contributed by atoms with Crippen LogP contribution in [0.1, 0.15) is 30.9 Å². The molecule has 2 aromatic carbocycles. The number of ether oxygens (including phenoxy) is 2. The van der Waals surface area contributed by atoms with Gasteiger partial charge < -0.3 is 14.8 Å². The molecule has 0 radical (unpaired) electrons. The van der Waals surface area contributed by atoms with Crippen LogP contribution in [0.25, 0.3) is 0 Å². The first-order chi connectivity index (χ1) is 11.0. The zero-order valence-electron chi connectivity index (χ0n) is 14.1. The summed E-state index contributed by atoms with van der Waals surface area (Å²) in [6, 6.07) is 13.2. The van der Waals surface area contributed by atoms with Gasteiger partial charge in [0.1, 0.15) is 11.5 Å². The summed E-state index contributed by atoms with van der Waals surface area (Å²) in [4.78, 5) is 12.2. The van der Waals surface area contributed by atoms with E-state index in [0.717, 1.165) is 22.6 Å². The monoisotopic (exact) mass is 313 g/mol. The minimum absolute atomic E-state index is 0.0296. The molecule has 0 spiro atoms. The first-order valence-corrected chi connectivity index (χ1v) is 7.67. The van der Waals surface area contributed by atoms with Crippen molar-refractivity contribution in [1.29, 1.82) is 0 Å². The number of aryl methyl sites for hydroxylation is 1. The third kappa shape index (κ3) is 4.49. The number of methoxy groups -OCH3 is 1. The van der Waals surface area contributed by atoms with Crippen LogP contribution >= 0.6 is 0 Å².